The summed E-state index contributed by atoms with van der Waals surface area (Å²) in [7, 11) is 0. The molecule has 33 heavy (non-hydrogen) atoms. The van der Waals surface area contributed by atoms with Gasteiger partial charge in [0.1, 0.15) is 5.75 Å². The van der Waals surface area contributed by atoms with Crippen molar-refractivity contribution in [3.8, 4) is 5.75 Å². The average molecular weight is 449 g/mol. The minimum absolute atomic E-state index is 0.0490. The number of amides is 1. The number of piperidine rings is 1. The van der Waals surface area contributed by atoms with Crippen molar-refractivity contribution in [2.75, 3.05) is 32.8 Å². The number of benzene rings is 2. The first-order valence-electron chi connectivity index (χ1n) is 12.8. The van der Waals surface area contributed by atoms with Crippen LogP contribution in [-0.4, -0.2) is 48.5 Å². The lowest BCUT2D eigenvalue weighted by atomic mass is 9.89. The Morgan fingerprint density at radius 2 is 1.79 bits per heavy atom. The molecule has 0 aromatic heterocycles. The monoisotopic (exact) mass is 448 g/mol. The third kappa shape index (κ3) is 6.38. The summed E-state index contributed by atoms with van der Waals surface area (Å²) in [6.45, 7) is 11.9. The lowest BCUT2D eigenvalue weighted by molar-refractivity contribution is -0.135. The van der Waals surface area contributed by atoms with E-state index >= 15 is 0 Å². The Labute approximate surface area is 199 Å². The molecular weight excluding hydrogens is 408 g/mol. The van der Waals surface area contributed by atoms with Gasteiger partial charge in [0, 0.05) is 25.6 Å². The highest BCUT2D eigenvalue weighted by atomic mass is 16.5. The summed E-state index contributed by atoms with van der Waals surface area (Å²) in [4.78, 5) is 17.1. The Hall–Kier alpha value is -2.33. The van der Waals surface area contributed by atoms with E-state index in [2.05, 4.69) is 54.3 Å². The number of fused-ring (bicyclic) bond motifs is 1. The molecule has 2 aliphatic rings. The van der Waals surface area contributed by atoms with Crippen molar-refractivity contribution < 1.29 is 9.53 Å². The fourth-order valence-electron chi connectivity index (χ4n) is 5.19. The Bertz CT molecular complexity index is 914. The van der Waals surface area contributed by atoms with Crippen molar-refractivity contribution in [3.63, 3.8) is 0 Å². The first-order chi connectivity index (χ1) is 16.0. The smallest absolute Gasteiger partial charge is 0.225 e. The predicted octanol–water partition coefficient (Wildman–Crippen LogP) is 5.57. The fourth-order valence-corrected chi connectivity index (χ4v) is 5.19. The SMILES string of the molecule is Cc1ccc(C2CCN(CCCOc3ccc4c(c3)CN(C(=O)C(C)C)CCC4)CC2)cc1. The Balaban J connectivity index is 1.21. The number of rotatable bonds is 7. The molecule has 4 nitrogen and oxygen atoms in total. The number of ether oxygens (including phenoxy) is 1. The second kappa shape index (κ2) is 11.2. The summed E-state index contributed by atoms with van der Waals surface area (Å²) in [5.74, 6) is 1.94. The third-order valence-corrected chi connectivity index (χ3v) is 7.24. The molecule has 0 spiro atoms. The highest BCUT2D eigenvalue weighted by molar-refractivity contribution is 5.78. The second-order valence-electron chi connectivity index (χ2n) is 10.2. The van der Waals surface area contributed by atoms with Gasteiger partial charge in [-0.25, -0.2) is 0 Å². The van der Waals surface area contributed by atoms with Gasteiger partial charge in [0.15, 0.2) is 0 Å². The van der Waals surface area contributed by atoms with Crippen molar-refractivity contribution in [1.29, 1.82) is 0 Å². The van der Waals surface area contributed by atoms with Gasteiger partial charge in [-0.2, -0.15) is 0 Å². The molecule has 0 bridgehead atoms. The molecule has 0 aliphatic carbocycles. The summed E-state index contributed by atoms with van der Waals surface area (Å²) in [6, 6.07) is 15.6. The van der Waals surface area contributed by atoms with Crippen LogP contribution in [0.4, 0.5) is 0 Å². The van der Waals surface area contributed by atoms with Gasteiger partial charge in [-0.1, -0.05) is 49.7 Å². The highest BCUT2D eigenvalue weighted by Crippen LogP contribution is 2.28. The maximum Gasteiger partial charge on any atom is 0.225 e. The normalized spacial score (nSPS) is 17.6. The molecule has 2 aromatic carbocycles. The molecule has 0 saturated carbocycles. The van der Waals surface area contributed by atoms with Crippen molar-refractivity contribution in [2.45, 2.75) is 65.3 Å². The molecule has 0 N–H and O–H groups in total. The van der Waals surface area contributed by atoms with E-state index in [0.29, 0.717) is 12.5 Å². The summed E-state index contributed by atoms with van der Waals surface area (Å²) in [6.07, 6.45) is 5.62. The Kier molecular flexibility index (Phi) is 8.08. The first kappa shape index (κ1) is 23.8. The summed E-state index contributed by atoms with van der Waals surface area (Å²) >= 11 is 0. The van der Waals surface area contributed by atoms with Gasteiger partial charge in [0.25, 0.3) is 0 Å². The number of carbonyl (C=O) groups is 1. The quantitative estimate of drug-likeness (QED) is 0.519. The minimum Gasteiger partial charge on any atom is -0.494 e. The van der Waals surface area contributed by atoms with Crippen LogP contribution in [0, 0.1) is 12.8 Å². The fraction of sp³-hybridized carbons (Fsp3) is 0.552. The van der Waals surface area contributed by atoms with Crippen LogP contribution in [0.15, 0.2) is 42.5 Å². The second-order valence-corrected chi connectivity index (χ2v) is 10.2. The van der Waals surface area contributed by atoms with Crippen molar-refractivity contribution in [2.24, 2.45) is 5.92 Å². The van der Waals surface area contributed by atoms with E-state index in [-0.39, 0.29) is 11.8 Å². The Morgan fingerprint density at radius 3 is 2.52 bits per heavy atom. The molecule has 2 heterocycles. The number of nitrogens with zero attached hydrogens (tertiary/aromatic N) is 2. The van der Waals surface area contributed by atoms with E-state index in [1.165, 1.54) is 48.2 Å². The van der Waals surface area contributed by atoms with E-state index in [1.807, 2.05) is 18.7 Å². The zero-order valence-corrected chi connectivity index (χ0v) is 20.7. The van der Waals surface area contributed by atoms with Crippen molar-refractivity contribution in [1.82, 2.24) is 9.80 Å². The van der Waals surface area contributed by atoms with Crippen LogP contribution >= 0.6 is 0 Å². The van der Waals surface area contributed by atoms with E-state index in [9.17, 15) is 4.79 Å². The maximum atomic E-state index is 12.5. The van der Waals surface area contributed by atoms with Crippen LogP contribution in [0.5, 0.6) is 5.75 Å². The molecule has 4 rings (SSSR count). The number of aryl methyl sites for hydroxylation is 2. The largest absolute Gasteiger partial charge is 0.494 e. The zero-order valence-electron chi connectivity index (χ0n) is 20.7. The molecule has 0 atom stereocenters. The predicted molar refractivity (Wildman–Crippen MR) is 135 cm³/mol. The molecule has 1 saturated heterocycles. The number of carbonyl (C=O) groups excluding carboxylic acids is 1. The topological polar surface area (TPSA) is 32.8 Å². The van der Waals surface area contributed by atoms with E-state index in [1.54, 1.807) is 0 Å². The van der Waals surface area contributed by atoms with Gasteiger partial charge in [-0.15, -0.1) is 0 Å². The Morgan fingerprint density at radius 1 is 1.03 bits per heavy atom. The minimum atomic E-state index is 0.0490. The van der Waals surface area contributed by atoms with Crippen LogP contribution < -0.4 is 4.74 Å². The van der Waals surface area contributed by atoms with E-state index in [4.69, 9.17) is 4.74 Å². The molecule has 1 fully saturated rings. The molecule has 0 radical (unpaired) electrons. The van der Waals surface area contributed by atoms with Gasteiger partial charge in [0.05, 0.1) is 6.61 Å². The summed E-state index contributed by atoms with van der Waals surface area (Å²) in [5.41, 5.74) is 5.45. The first-order valence-corrected chi connectivity index (χ1v) is 12.8. The van der Waals surface area contributed by atoms with Gasteiger partial charge in [-0.05, 0) is 86.9 Å². The molecule has 2 aromatic rings. The van der Waals surface area contributed by atoms with Gasteiger partial charge in [-0.3, -0.25) is 4.79 Å². The van der Waals surface area contributed by atoms with Crippen molar-refractivity contribution >= 4 is 5.91 Å². The summed E-state index contributed by atoms with van der Waals surface area (Å²) in [5, 5.41) is 0. The van der Waals surface area contributed by atoms with Crippen LogP contribution in [0.25, 0.3) is 0 Å². The third-order valence-electron chi connectivity index (χ3n) is 7.24. The standard InChI is InChI=1S/C29H40N2O2/c1-22(2)29(32)31-16-4-6-24-11-12-28(20-27(24)21-31)33-19-5-15-30-17-13-26(14-18-30)25-9-7-23(3)8-10-25/h7-12,20,22,26H,4-6,13-19,21H2,1-3H3. The molecule has 0 unspecified atom stereocenters. The van der Waals surface area contributed by atoms with Crippen LogP contribution in [0.1, 0.15) is 67.7 Å². The molecule has 4 heteroatoms. The number of hydrogen-bond acceptors (Lipinski definition) is 3. The molecule has 2 aliphatic heterocycles. The number of hydrogen-bond donors (Lipinski definition) is 0. The van der Waals surface area contributed by atoms with Gasteiger partial charge in [0.2, 0.25) is 5.91 Å². The lowest BCUT2D eigenvalue weighted by Crippen LogP contribution is -2.34. The maximum absolute atomic E-state index is 12.5. The average Bonchev–Trinajstić information content (AvgIpc) is 3.04. The molecule has 178 valence electrons. The summed E-state index contributed by atoms with van der Waals surface area (Å²) < 4.78 is 6.12. The van der Waals surface area contributed by atoms with Gasteiger partial charge >= 0.3 is 0 Å². The lowest BCUT2D eigenvalue weighted by Gasteiger charge is -2.32. The number of likely N-dealkylation sites (tertiary alicyclic amines) is 1. The van der Waals surface area contributed by atoms with Crippen LogP contribution in [0.3, 0.4) is 0 Å². The zero-order chi connectivity index (χ0) is 23.2. The van der Waals surface area contributed by atoms with E-state index < -0.39 is 0 Å². The van der Waals surface area contributed by atoms with E-state index in [0.717, 1.165) is 44.7 Å². The van der Waals surface area contributed by atoms with Crippen LogP contribution in [0.2, 0.25) is 0 Å². The van der Waals surface area contributed by atoms with Gasteiger partial charge < -0.3 is 14.5 Å². The molecule has 1 amide bonds. The molecular formula is C29H40N2O2. The van der Waals surface area contributed by atoms with Crippen molar-refractivity contribution in [3.05, 3.63) is 64.7 Å². The van der Waals surface area contributed by atoms with Crippen LogP contribution in [-0.2, 0) is 17.8 Å². The highest BCUT2D eigenvalue weighted by Gasteiger charge is 2.22.